The second-order valence-corrected chi connectivity index (χ2v) is 7.22. The number of hydrogen-bond acceptors (Lipinski definition) is 3. The molecule has 2 N–H and O–H groups in total. The first-order chi connectivity index (χ1) is 11.1. The van der Waals surface area contributed by atoms with Gasteiger partial charge in [-0.1, -0.05) is 25.3 Å². The maximum absolute atomic E-state index is 12.8. The van der Waals surface area contributed by atoms with Crippen LogP contribution in [0.25, 0.3) is 0 Å². The molecule has 1 aromatic carbocycles. The summed E-state index contributed by atoms with van der Waals surface area (Å²) in [5.74, 6) is 0.0809. The molecule has 24 heavy (non-hydrogen) atoms. The van der Waals surface area contributed by atoms with Crippen molar-refractivity contribution in [2.24, 2.45) is 0 Å². The molecule has 0 radical (unpaired) electrons. The molecule has 134 valence electrons. The minimum Gasteiger partial charge on any atom is -0.385 e. The van der Waals surface area contributed by atoms with Gasteiger partial charge in [-0.05, 0) is 57.5 Å². The maximum Gasteiger partial charge on any atom is 0.251 e. The summed E-state index contributed by atoms with van der Waals surface area (Å²) in [6.07, 6.45) is 8.28. The quantitative estimate of drug-likeness (QED) is 0.873. The molecule has 4 nitrogen and oxygen atoms in total. The number of nitrogens with one attached hydrogen (secondary N) is 2. The van der Waals surface area contributed by atoms with Gasteiger partial charge in [0.1, 0.15) is 0 Å². The van der Waals surface area contributed by atoms with E-state index in [4.69, 9.17) is 0 Å². The lowest BCUT2D eigenvalue weighted by molar-refractivity contribution is 0.0799. The molecular formula is C19H30ClN3O. The van der Waals surface area contributed by atoms with E-state index in [9.17, 15) is 4.79 Å². The Labute approximate surface area is 151 Å². The number of benzene rings is 1. The number of amides is 1. The number of halogens is 1. The Morgan fingerprint density at radius 3 is 2.67 bits per heavy atom. The van der Waals surface area contributed by atoms with Crippen molar-refractivity contribution in [1.82, 2.24) is 10.2 Å². The van der Waals surface area contributed by atoms with Crippen LogP contribution in [-0.2, 0) is 6.42 Å². The van der Waals surface area contributed by atoms with Crippen LogP contribution in [0.2, 0.25) is 0 Å². The number of nitrogens with zero attached hydrogens (tertiary/aromatic N) is 1. The van der Waals surface area contributed by atoms with Gasteiger partial charge in [-0.3, -0.25) is 4.79 Å². The van der Waals surface area contributed by atoms with Gasteiger partial charge in [-0.15, -0.1) is 12.4 Å². The molecule has 2 aliphatic rings. The summed E-state index contributed by atoms with van der Waals surface area (Å²) < 4.78 is 0. The van der Waals surface area contributed by atoms with Crippen molar-refractivity contribution in [3.63, 3.8) is 0 Å². The zero-order valence-corrected chi connectivity index (χ0v) is 15.7. The van der Waals surface area contributed by atoms with Gasteiger partial charge in [0.05, 0.1) is 0 Å². The first kappa shape index (κ1) is 19.1. The molecule has 3 rings (SSSR count). The molecular weight excluding hydrogens is 322 g/mol. The predicted octanol–water partition coefficient (Wildman–Crippen LogP) is 3.46. The third-order valence-corrected chi connectivity index (χ3v) is 5.65. The average Bonchev–Trinajstić information content (AvgIpc) is 2.60. The van der Waals surface area contributed by atoms with E-state index >= 15 is 0 Å². The second-order valence-electron chi connectivity index (χ2n) is 7.22. The van der Waals surface area contributed by atoms with Gasteiger partial charge < -0.3 is 15.5 Å². The molecule has 5 heteroatoms. The summed E-state index contributed by atoms with van der Waals surface area (Å²) in [5, 5.41) is 6.63. The summed E-state index contributed by atoms with van der Waals surface area (Å²) in [4.78, 5) is 15.1. The highest BCUT2D eigenvalue weighted by Crippen LogP contribution is 2.32. The molecule has 1 amide bonds. The zero-order valence-electron chi connectivity index (χ0n) is 14.9. The molecule has 0 saturated heterocycles. The van der Waals surface area contributed by atoms with Crippen LogP contribution in [0.5, 0.6) is 0 Å². The fourth-order valence-corrected chi connectivity index (χ4v) is 4.05. The normalized spacial score (nSPS) is 19.0. The van der Waals surface area contributed by atoms with E-state index in [1.165, 1.54) is 37.7 Å². The van der Waals surface area contributed by atoms with Gasteiger partial charge in [-0.2, -0.15) is 0 Å². The molecule has 1 saturated carbocycles. The highest BCUT2D eigenvalue weighted by molar-refractivity contribution is 5.97. The standard InChI is InChI=1S/C19H29N3O.ClH/c1-22(2)19(11-4-3-5-12-19)14-21-18(23)16-8-6-10-17-15(16)9-7-13-20-17;/h6,8,10,20H,3-5,7,9,11-14H2,1-2H3,(H,21,23);1H. The van der Waals surface area contributed by atoms with E-state index in [1.807, 2.05) is 12.1 Å². The third-order valence-electron chi connectivity index (χ3n) is 5.65. The summed E-state index contributed by atoms with van der Waals surface area (Å²) in [5.41, 5.74) is 3.28. The van der Waals surface area contributed by atoms with Crippen LogP contribution in [0.15, 0.2) is 18.2 Å². The molecule has 0 bridgehead atoms. The summed E-state index contributed by atoms with van der Waals surface area (Å²) in [7, 11) is 4.29. The second kappa shape index (κ2) is 8.21. The number of carbonyl (C=O) groups is 1. The molecule has 1 aromatic rings. The Hall–Kier alpha value is -1.26. The highest BCUT2D eigenvalue weighted by Gasteiger charge is 2.34. The van der Waals surface area contributed by atoms with Crippen molar-refractivity contribution >= 4 is 24.0 Å². The Morgan fingerprint density at radius 2 is 1.96 bits per heavy atom. The van der Waals surface area contributed by atoms with Gasteiger partial charge >= 0.3 is 0 Å². The van der Waals surface area contributed by atoms with Gasteiger partial charge in [0.15, 0.2) is 0 Å². The van der Waals surface area contributed by atoms with Crippen molar-refractivity contribution < 1.29 is 4.79 Å². The first-order valence-electron chi connectivity index (χ1n) is 8.94. The number of likely N-dealkylation sites (N-methyl/N-ethyl adjacent to an activating group) is 1. The predicted molar refractivity (Wildman–Crippen MR) is 102 cm³/mol. The Balaban J connectivity index is 0.00000208. The number of hydrogen-bond donors (Lipinski definition) is 2. The van der Waals surface area contributed by atoms with Crippen molar-refractivity contribution in [1.29, 1.82) is 0 Å². The van der Waals surface area contributed by atoms with Crippen LogP contribution in [-0.4, -0.2) is 43.5 Å². The molecule has 0 spiro atoms. The number of fused-ring (bicyclic) bond motifs is 1. The first-order valence-corrected chi connectivity index (χ1v) is 8.94. The molecule has 0 atom stereocenters. The minimum atomic E-state index is 0. The van der Waals surface area contributed by atoms with Crippen molar-refractivity contribution in [3.05, 3.63) is 29.3 Å². The van der Waals surface area contributed by atoms with E-state index in [1.54, 1.807) is 0 Å². The third kappa shape index (κ3) is 3.86. The summed E-state index contributed by atoms with van der Waals surface area (Å²) >= 11 is 0. The largest absolute Gasteiger partial charge is 0.385 e. The van der Waals surface area contributed by atoms with Crippen molar-refractivity contribution in [3.8, 4) is 0 Å². The van der Waals surface area contributed by atoms with Crippen LogP contribution in [0.1, 0.15) is 54.4 Å². The molecule has 1 fully saturated rings. The highest BCUT2D eigenvalue weighted by atomic mass is 35.5. The molecule has 1 aliphatic heterocycles. The van der Waals surface area contributed by atoms with Gasteiger partial charge in [0, 0.05) is 29.9 Å². The van der Waals surface area contributed by atoms with E-state index in [0.29, 0.717) is 0 Å². The van der Waals surface area contributed by atoms with Crippen molar-refractivity contribution in [2.75, 3.05) is 32.5 Å². The van der Waals surface area contributed by atoms with Crippen LogP contribution in [0, 0.1) is 0 Å². The molecule has 0 aromatic heterocycles. The topological polar surface area (TPSA) is 44.4 Å². The van der Waals surface area contributed by atoms with Crippen LogP contribution in [0.4, 0.5) is 5.69 Å². The Bertz CT molecular complexity index is 568. The lowest BCUT2D eigenvalue weighted by Crippen LogP contribution is -2.53. The number of carbonyl (C=O) groups excluding carboxylic acids is 1. The fraction of sp³-hybridized carbons (Fsp3) is 0.632. The minimum absolute atomic E-state index is 0. The van der Waals surface area contributed by atoms with E-state index in [2.05, 4.69) is 35.7 Å². The fourth-order valence-electron chi connectivity index (χ4n) is 4.05. The Morgan fingerprint density at radius 1 is 1.21 bits per heavy atom. The zero-order chi connectivity index (χ0) is 16.3. The number of rotatable bonds is 4. The van der Waals surface area contributed by atoms with Crippen LogP contribution in [0.3, 0.4) is 0 Å². The van der Waals surface area contributed by atoms with Crippen LogP contribution < -0.4 is 10.6 Å². The average molecular weight is 352 g/mol. The lowest BCUT2D eigenvalue weighted by Gasteiger charge is -2.43. The smallest absolute Gasteiger partial charge is 0.251 e. The summed E-state index contributed by atoms with van der Waals surface area (Å²) in [6.45, 7) is 1.75. The molecule has 1 heterocycles. The summed E-state index contributed by atoms with van der Waals surface area (Å²) in [6, 6.07) is 6.02. The monoisotopic (exact) mass is 351 g/mol. The van der Waals surface area contributed by atoms with Gasteiger partial charge in [-0.25, -0.2) is 0 Å². The SMILES string of the molecule is CN(C)C1(CNC(=O)c2cccc3c2CCCN3)CCCCC1.Cl. The van der Waals surface area contributed by atoms with E-state index < -0.39 is 0 Å². The van der Waals surface area contributed by atoms with E-state index in [0.717, 1.165) is 37.2 Å². The Kier molecular flexibility index (Phi) is 6.53. The maximum atomic E-state index is 12.8. The van der Waals surface area contributed by atoms with Gasteiger partial charge in [0.25, 0.3) is 5.91 Å². The number of anilines is 1. The molecule has 0 unspecified atom stereocenters. The lowest BCUT2D eigenvalue weighted by atomic mass is 9.80. The van der Waals surface area contributed by atoms with Crippen molar-refractivity contribution in [2.45, 2.75) is 50.5 Å². The molecule has 1 aliphatic carbocycles. The van der Waals surface area contributed by atoms with E-state index in [-0.39, 0.29) is 23.9 Å². The van der Waals surface area contributed by atoms with Crippen LogP contribution >= 0.6 is 12.4 Å². The van der Waals surface area contributed by atoms with Gasteiger partial charge in [0.2, 0.25) is 0 Å².